The van der Waals surface area contributed by atoms with E-state index >= 15 is 0 Å². The van der Waals surface area contributed by atoms with E-state index in [0.717, 1.165) is 0 Å². The molecule has 0 radical (unpaired) electrons. The molecule has 1 aliphatic heterocycles. The number of carbonyl (C=O) groups is 1. The van der Waals surface area contributed by atoms with Crippen LogP contribution in [0.25, 0.3) is 12.3 Å². The fourth-order valence-electron chi connectivity index (χ4n) is 1.19. The first-order valence-electron chi connectivity index (χ1n) is 3.86. The number of hydrogen-bond donors (Lipinski definition) is 0. The molecule has 0 fully saturated rings. The Bertz CT molecular complexity index is 446. The summed E-state index contributed by atoms with van der Waals surface area (Å²) in [7, 11) is 1.33. The molecule has 14 heavy (non-hydrogen) atoms. The van der Waals surface area contributed by atoms with Crippen LogP contribution in [0.5, 0.6) is 0 Å². The molecule has 1 aromatic rings. The Balaban J connectivity index is 2.59. The van der Waals surface area contributed by atoms with Crippen molar-refractivity contribution in [3.63, 3.8) is 0 Å². The van der Waals surface area contributed by atoms with Crippen LogP contribution in [-0.2, 0) is 4.74 Å². The van der Waals surface area contributed by atoms with E-state index in [1.54, 1.807) is 22.9 Å². The highest BCUT2D eigenvalue weighted by molar-refractivity contribution is 9.10. The number of hydrogen-bond acceptors (Lipinski definition) is 3. The molecule has 0 aromatic carbocycles. The Kier molecular flexibility index (Phi) is 2.19. The van der Waals surface area contributed by atoms with Crippen LogP contribution in [0.2, 0.25) is 0 Å². The van der Waals surface area contributed by atoms with E-state index in [0.29, 0.717) is 16.1 Å². The third kappa shape index (κ3) is 1.27. The fourth-order valence-corrected chi connectivity index (χ4v) is 1.66. The van der Waals surface area contributed by atoms with Gasteiger partial charge in [0, 0.05) is 0 Å². The molecule has 5 heteroatoms. The standard InChI is InChI=1S/C9H6BrN2O2/c1-14-8(13)7-6-4-2-3-5-12(6)9(10)11-7/h2,4-5H,1H3/q+1. The third-order valence-corrected chi connectivity index (χ3v) is 2.38. The van der Waals surface area contributed by atoms with Gasteiger partial charge in [-0.15, -0.1) is 0 Å². The lowest BCUT2D eigenvalue weighted by Crippen LogP contribution is -2.05. The zero-order valence-electron chi connectivity index (χ0n) is 7.32. The van der Waals surface area contributed by atoms with Crippen LogP contribution in [0.3, 0.4) is 0 Å². The van der Waals surface area contributed by atoms with E-state index in [9.17, 15) is 4.79 Å². The maximum absolute atomic E-state index is 11.3. The molecule has 0 saturated carbocycles. The van der Waals surface area contributed by atoms with E-state index in [1.165, 1.54) is 7.11 Å². The van der Waals surface area contributed by atoms with Crippen LogP contribution in [0.1, 0.15) is 16.2 Å². The minimum absolute atomic E-state index is 0.299. The molecule has 2 rings (SSSR count). The molecule has 70 valence electrons. The van der Waals surface area contributed by atoms with Crippen LogP contribution in [-0.4, -0.2) is 22.6 Å². The van der Waals surface area contributed by atoms with E-state index < -0.39 is 5.97 Å². The average molecular weight is 254 g/mol. The third-order valence-electron chi connectivity index (χ3n) is 1.82. The van der Waals surface area contributed by atoms with Gasteiger partial charge in [-0.25, -0.2) is 14.3 Å². The molecule has 1 aliphatic rings. The van der Waals surface area contributed by atoms with Gasteiger partial charge in [-0.2, -0.15) is 0 Å². The predicted octanol–water partition coefficient (Wildman–Crippen LogP) is 1.73. The molecular weight excluding hydrogens is 248 g/mol. The zero-order chi connectivity index (χ0) is 10.1. The summed E-state index contributed by atoms with van der Waals surface area (Å²) in [5, 5.41) is 0. The SMILES string of the molecule is COC(=O)c1nc(Br)n2c1C=C[C+]=C2. The average Bonchev–Trinajstić information content (AvgIpc) is 2.56. The topological polar surface area (TPSA) is 44.1 Å². The highest BCUT2D eigenvalue weighted by atomic mass is 79.9. The lowest BCUT2D eigenvalue weighted by molar-refractivity contribution is 0.0594. The highest BCUT2D eigenvalue weighted by Gasteiger charge is 2.24. The fraction of sp³-hybridized carbons (Fsp3) is 0.111. The number of methoxy groups -OCH3 is 1. The smallest absolute Gasteiger partial charge is 0.360 e. The molecule has 2 heterocycles. The number of nitrogens with zero attached hydrogens (tertiary/aromatic N) is 2. The van der Waals surface area contributed by atoms with Gasteiger partial charge >= 0.3 is 5.97 Å². The van der Waals surface area contributed by atoms with Crippen molar-refractivity contribution in [3.8, 4) is 0 Å². The molecule has 0 N–H and O–H groups in total. The first-order chi connectivity index (χ1) is 6.74. The van der Waals surface area contributed by atoms with Gasteiger partial charge in [0.25, 0.3) is 0 Å². The number of imidazole rings is 1. The predicted molar refractivity (Wildman–Crippen MR) is 54.3 cm³/mol. The van der Waals surface area contributed by atoms with E-state index in [4.69, 9.17) is 0 Å². The molecule has 0 atom stereocenters. The van der Waals surface area contributed by atoms with Crippen molar-refractivity contribution >= 4 is 34.2 Å². The van der Waals surface area contributed by atoms with Crippen LogP contribution in [0.4, 0.5) is 0 Å². The Morgan fingerprint density at radius 2 is 2.50 bits per heavy atom. The Labute approximate surface area is 89.0 Å². The Hall–Kier alpha value is -1.45. The number of esters is 1. The molecule has 0 bridgehead atoms. The second kappa shape index (κ2) is 3.36. The normalized spacial score (nSPS) is 12.1. The molecular formula is C9H6BrN2O2+. The van der Waals surface area contributed by atoms with Crippen molar-refractivity contribution in [3.05, 3.63) is 28.3 Å². The molecule has 1 aromatic heterocycles. The Morgan fingerprint density at radius 3 is 3.21 bits per heavy atom. The first kappa shape index (κ1) is 9.12. The van der Waals surface area contributed by atoms with Gasteiger partial charge in [0.1, 0.15) is 12.2 Å². The van der Waals surface area contributed by atoms with Gasteiger partial charge in [0.05, 0.1) is 7.11 Å². The zero-order valence-corrected chi connectivity index (χ0v) is 8.91. The number of halogens is 1. The van der Waals surface area contributed by atoms with Gasteiger partial charge in [-0.3, -0.25) is 0 Å². The summed E-state index contributed by atoms with van der Waals surface area (Å²) in [5.41, 5.74) is 0.996. The van der Waals surface area contributed by atoms with Crippen molar-refractivity contribution in [2.24, 2.45) is 0 Å². The quantitative estimate of drug-likeness (QED) is 0.566. The molecule has 0 amide bonds. The van der Waals surface area contributed by atoms with Gasteiger partial charge in [0.15, 0.2) is 28.4 Å². The Morgan fingerprint density at radius 1 is 1.71 bits per heavy atom. The maximum atomic E-state index is 11.3. The number of aromatic nitrogens is 2. The monoisotopic (exact) mass is 253 g/mol. The van der Waals surface area contributed by atoms with Crippen LogP contribution >= 0.6 is 15.9 Å². The summed E-state index contributed by atoms with van der Waals surface area (Å²) in [6.45, 7) is 0. The summed E-state index contributed by atoms with van der Waals surface area (Å²) in [6, 6.07) is 0. The number of ether oxygens (including phenoxy) is 1. The van der Waals surface area contributed by atoms with Crippen molar-refractivity contribution in [2.45, 2.75) is 0 Å². The highest BCUT2D eigenvalue weighted by Crippen LogP contribution is 2.21. The summed E-state index contributed by atoms with van der Waals surface area (Å²) in [6.07, 6.45) is 8.05. The molecule has 4 nitrogen and oxygen atoms in total. The second-order valence-corrected chi connectivity index (χ2v) is 3.31. The lowest BCUT2D eigenvalue weighted by atomic mass is 10.2. The van der Waals surface area contributed by atoms with Crippen molar-refractivity contribution in [2.75, 3.05) is 7.11 Å². The molecule has 0 spiro atoms. The second-order valence-electron chi connectivity index (χ2n) is 2.61. The van der Waals surface area contributed by atoms with Crippen LogP contribution < -0.4 is 0 Å². The van der Waals surface area contributed by atoms with Crippen LogP contribution in [0, 0.1) is 6.08 Å². The number of allylic oxidation sites excluding steroid dienone is 2. The van der Waals surface area contributed by atoms with Crippen LogP contribution in [0.15, 0.2) is 10.8 Å². The molecule has 0 unspecified atom stereocenters. The van der Waals surface area contributed by atoms with Gasteiger partial charge < -0.3 is 4.74 Å². The summed E-state index contributed by atoms with van der Waals surface area (Å²) in [5.74, 6) is -0.445. The molecule has 0 aliphatic carbocycles. The van der Waals surface area contributed by atoms with Gasteiger partial charge in [-0.1, -0.05) is 0 Å². The van der Waals surface area contributed by atoms with Gasteiger partial charge in [0.2, 0.25) is 0 Å². The maximum Gasteiger partial charge on any atom is 0.360 e. The summed E-state index contributed by atoms with van der Waals surface area (Å²) < 4.78 is 6.89. The summed E-state index contributed by atoms with van der Waals surface area (Å²) in [4.78, 5) is 15.4. The number of rotatable bonds is 1. The first-order valence-corrected chi connectivity index (χ1v) is 4.65. The molecule has 0 saturated heterocycles. The summed E-state index contributed by atoms with van der Waals surface area (Å²) >= 11 is 3.24. The van der Waals surface area contributed by atoms with E-state index in [-0.39, 0.29) is 0 Å². The number of carbonyl (C=O) groups excluding carboxylic acids is 1. The van der Waals surface area contributed by atoms with E-state index in [2.05, 4.69) is 31.7 Å². The van der Waals surface area contributed by atoms with Crippen molar-refractivity contribution in [1.82, 2.24) is 9.55 Å². The largest absolute Gasteiger partial charge is 0.464 e. The number of fused-ring (bicyclic) bond motifs is 1. The minimum atomic E-state index is -0.445. The van der Waals surface area contributed by atoms with Gasteiger partial charge in [-0.05, 0) is 15.9 Å². The van der Waals surface area contributed by atoms with E-state index in [1.807, 2.05) is 0 Å². The van der Waals surface area contributed by atoms with Crippen molar-refractivity contribution in [1.29, 1.82) is 0 Å². The van der Waals surface area contributed by atoms with Crippen molar-refractivity contribution < 1.29 is 9.53 Å². The minimum Gasteiger partial charge on any atom is -0.464 e. The lowest BCUT2D eigenvalue weighted by Gasteiger charge is -1.96.